The van der Waals surface area contributed by atoms with Gasteiger partial charge in [0, 0.05) is 25.4 Å². The van der Waals surface area contributed by atoms with Gasteiger partial charge >= 0.3 is 0 Å². The summed E-state index contributed by atoms with van der Waals surface area (Å²) in [6, 6.07) is 4.00. The molecule has 0 saturated carbocycles. The molecule has 1 aliphatic rings. The summed E-state index contributed by atoms with van der Waals surface area (Å²) in [6.07, 6.45) is 0. The number of thiophene rings is 1. The van der Waals surface area contributed by atoms with Crippen LogP contribution in [0.15, 0.2) is 22.0 Å². The van der Waals surface area contributed by atoms with Crippen LogP contribution in [0.2, 0.25) is 0 Å². The Balaban J connectivity index is 1.40. The van der Waals surface area contributed by atoms with Crippen LogP contribution in [0.5, 0.6) is 0 Å². The molecule has 0 atom stereocenters. The van der Waals surface area contributed by atoms with Crippen molar-refractivity contribution in [2.24, 2.45) is 0 Å². The number of nitrogens with zero attached hydrogens (tertiary/aromatic N) is 3. The van der Waals surface area contributed by atoms with Gasteiger partial charge in [0.2, 0.25) is 11.7 Å². The topological polar surface area (TPSA) is 51.4 Å². The number of rotatable bonds is 6. The molecule has 0 bridgehead atoms. The lowest BCUT2D eigenvalue weighted by molar-refractivity contribution is 0.0410. The number of aromatic nitrogens is 2. The van der Waals surface area contributed by atoms with Crippen molar-refractivity contribution < 1.29 is 9.26 Å². The van der Waals surface area contributed by atoms with E-state index in [2.05, 4.69) is 15.0 Å². The monoisotopic (exact) mass is 311 g/mol. The number of hydrogen-bond donors (Lipinski definition) is 0. The lowest BCUT2D eigenvalue weighted by atomic mass is 10.4. The molecule has 0 spiro atoms. The van der Waals surface area contributed by atoms with E-state index in [-0.39, 0.29) is 0 Å². The summed E-state index contributed by atoms with van der Waals surface area (Å²) in [4.78, 5) is 7.90. The number of morpholine rings is 1. The van der Waals surface area contributed by atoms with Gasteiger partial charge in [0.15, 0.2) is 0 Å². The number of ether oxygens (including phenoxy) is 1. The van der Waals surface area contributed by atoms with Crippen molar-refractivity contribution >= 4 is 23.1 Å². The van der Waals surface area contributed by atoms with Crippen LogP contribution in [-0.2, 0) is 10.5 Å². The van der Waals surface area contributed by atoms with Gasteiger partial charge in [-0.25, -0.2) is 0 Å². The van der Waals surface area contributed by atoms with Crippen LogP contribution in [0.3, 0.4) is 0 Å². The molecule has 0 radical (unpaired) electrons. The molecule has 7 heteroatoms. The average molecular weight is 311 g/mol. The largest absolute Gasteiger partial charge is 0.379 e. The van der Waals surface area contributed by atoms with Crippen LogP contribution in [-0.4, -0.2) is 53.6 Å². The summed E-state index contributed by atoms with van der Waals surface area (Å²) in [5.74, 6) is 3.27. The second-order valence-electron chi connectivity index (χ2n) is 4.50. The average Bonchev–Trinajstić information content (AvgIpc) is 3.15. The Bertz CT molecular complexity index is 509. The first-order valence-corrected chi connectivity index (χ1v) is 8.69. The molecule has 20 heavy (non-hydrogen) atoms. The molecule has 2 aromatic rings. The fraction of sp³-hybridized carbons (Fsp3) is 0.538. The van der Waals surface area contributed by atoms with Crippen LogP contribution in [0.4, 0.5) is 0 Å². The van der Waals surface area contributed by atoms with E-state index in [0.717, 1.165) is 49.2 Å². The van der Waals surface area contributed by atoms with E-state index in [1.807, 2.05) is 29.3 Å². The predicted molar refractivity (Wildman–Crippen MR) is 81.0 cm³/mol. The molecule has 0 N–H and O–H groups in total. The number of hydrogen-bond acceptors (Lipinski definition) is 7. The van der Waals surface area contributed by atoms with Gasteiger partial charge in [-0.05, 0) is 11.4 Å². The fourth-order valence-corrected chi connectivity index (χ4v) is 3.47. The Hall–Kier alpha value is -0.890. The summed E-state index contributed by atoms with van der Waals surface area (Å²) >= 11 is 3.46. The van der Waals surface area contributed by atoms with Crippen LogP contribution < -0.4 is 0 Å². The molecule has 0 amide bonds. The molecule has 108 valence electrons. The second kappa shape index (κ2) is 7.21. The normalized spacial score (nSPS) is 16.6. The molecule has 0 unspecified atom stereocenters. The maximum absolute atomic E-state index is 5.33. The molecule has 0 aromatic carbocycles. The summed E-state index contributed by atoms with van der Waals surface area (Å²) in [7, 11) is 0. The quantitative estimate of drug-likeness (QED) is 0.763. The van der Waals surface area contributed by atoms with Gasteiger partial charge in [-0.1, -0.05) is 11.2 Å². The third kappa shape index (κ3) is 3.82. The SMILES string of the molecule is c1csc(-c2noc(CSCCN3CCOCC3)n2)c1. The minimum absolute atomic E-state index is 0.698. The first-order chi connectivity index (χ1) is 9.92. The van der Waals surface area contributed by atoms with Gasteiger partial charge < -0.3 is 9.26 Å². The Morgan fingerprint density at radius 2 is 2.25 bits per heavy atom. The lowest BCUT2D eigenvalue weighted by Gasteiger charge is -2.26. The highest BCUT2D eigenvalue weighted by Gasteiger charge is 2.11. The van der Waals surface area contributed by atoms with Crippen LogP contribution in [0.25, 0.3) is 10.7 Å². The zero-order chi connectivity index (χ0) is 13.6. The van der Waals surface area contributed by atoms with Crippen molar-refractivity contribution in [3.63, 3.8) is 0 Å². The molecule has 2 aromatic heterocycles. The minimum Gasteiger partial charge on any atom is -0.379 e. The molecule has 1 fully saturated rings. The molecule has 1 saturated heterocycles. The van der Waals surface area contributed by atoms with Gasteiger partial charge in [0.05, 0.1) is 23.8 Å². The summed E-state index contributed by atoms with van der Waals surface area (Å²) in [5.41, 5.74) is 0. The maximum Gasteiger partial charge on any atom is 0.236 e. The zero-order valence-corrected chi connectivity index (χ0v) is 12.8. The van der Waals surface area contributed by atoms with Gasteiger partial charge in [-0.3, -0.25) is 4.90 Å². The molecule has 0 aliphatic carbocycles. The fourth-order valence-electron chi connectivity index (χ4n) is 2.00. The second-order valence-corrected chi connectivity index (χ2v) is 6.55. The first-order valence-electron chi connectivity index (χ1n) is 6.66. The summed E-state index contributed by atoms with van der Waals surface area (Å²) < 4.78 is 10.6. The Morgan fingerprint density at radius 1 is 1.35 bits per heavy atom. The van der Waals surface area contributed by atoms with Crippen LogP contribution >= 0.6 is 23.1 Å². The molecule has 1 aliphatic heterocycles. The van der Waals surface area contributed by atoms with E-state index in [9.17, 15) is 0 Å². The van der Waals surface area contributed by atoms with Gasteiger partial charge in [0.25, 0.3) is 0 Å². The van der Waals surface area contributed by atoms with Crippen LogP contribution in [0, 0.1) is 0 Å². The van der Waals surface area contributed by atoms with E-state index >= 15 is 0 Å². The van der Waals surface area contributed by atoms with E-state index in [0.29, 0.717) is 11.7 Å². The Labute approximate surface area is 126 Å². The summed E-state index contributed by atoms with van der Waals surface area (Å²) in [6.45, 7) is 4.91. The van der Waals surface area contributed by atoms with Crippen molar-refractivity contribution in [3.05, 3.63) is 23.4 Å². The molecule has 5 nitrogen and oxygen atoms in total. The number of thioether (sulfide) groups is 1. The van der Waals surface area contributed by atoms with Gasteiger partial charge in [0.1, 0.15) is 0 Å². The van der Waals surface area contributed by atoms with Crippen molar-refractivity contribution in [2.45, 2.75) is 5.75 Å². The van der Waals surface area contributed by atoms with E-state index in [4.69, 9.17) is 9.26 Å². The lowest BCUT2D eigenvalue weighted by Crippen LogP contribution is -2.37. The molecular weight excluding hydrogens is 294 g/mol. The van der Waals surface area contributed by atoms with Crippen molar-refractivity contribution in [1.82, 2.24) is 15.0 Å². The van der Waals surface area contributed by atoms with Gasteiger partial charge in [-0.2, -0.15) is 16.7 Å². The van der Waals surface area contributed by atoms with E-state index in [1.54, 1.807) is 11.3 Å². The standard InChI is InChI=1S/C13H17N3O2S2/c1-2-11(20-8-1)13-14-12(18-15-13)10-19-9-5-16-3-6-17-7-4-16/h1-2,8H,3-7,9-10H2. The highest BCUT2D eigenvalue weighted by atomic mass is 32.2. The molecular formula is C13H17N3O2S2. The van der Waals surface area contributed by atoms with Gasteiger partial charge in [-0.15, -0.1) is 11.3 Å². The predicted octanol–water partition coefficient (Wildman–Crippen LogP) is 2.36. The van der Waals surface area contributed by atoms with Crippen molar-refractivity contribution in [2.75, 3.05) is 38.6 Å². The van der Waals surface area contributed by atoms with E-state index < -0.39 is 0 Å². The summed E-state index contributed by atoms with van der Waals surface area (Å²) in [5, 5.41) is 6.03. The third-order valence-corrected chi connectivity index (χ3v) is 4.88. The Morgan fingerprint density at radius 3 is 3.05 bits per heavy atom. The maximum atomic E-state index is 5.33. The first kappa shape index (κ1) is 14.1. The van der Waals surface area contributed by atoms with E-state index in [1.165, 1.54) is 0 Å². The highest BCUT2D eigenvalue weighted by Crippen LogP contribution is 2.22. The zero-order valence-electron chi connectivity index (χ0n) is 11.2. The molecule has 3 rings (SSSR count). The molecule has 3 heterocycles. The minimum atomic E-state index is 0.698. The van der Waals surface area contributed by atoms with Crippen LogP contribution in [0.1, 0.15) is 5.89 Å². The van der Waals surface area contributed by atoms with Crippen molar-refractivity contribution in [3.8, 4) is 10.7 Å². The Kier molecular flexibility index (Phi) is 5.07. The highest BCUT2D eigenvalue weighted by molar-refractivity contribution is 7.98. The third-order valence-electron chi connectivity index (χ3n) is 3.09. The van der Waals surface area contributed by atoms with Crippen molar-refractivity contribution in [1.29, 1.82) is 0 Å². The smallest absolute Gasteiger partial charge is 0.236 e.